The summed E-state index contributed by atoms with van der Waals surface area (Å²) in [6, 6.07) is 24.8. The molecule has 0 N–H and O–H groups in total. The van der Waals surface area contributed by atoms with E-state index in [9.17, 15) is 0 Å². The number of hydrogen-bond donors (Lipinski definition) is 0. The fraction of sp³-hybridized carbons (Fsp3) is 0.455. The van der Waals surface area contributed by atoms with Crippen LogP contribution >= 0.6 is 0 Å². The largest absolute Gasteiger partial charge is 0.114 e. The molecule has 2 aromatic rings. The summed E-state index contributed by atoms with van der Waals surface area (Å²) < 4.78 is 0. The van der Waals surface area contributed by atoms with Crippen LogP contribution in [0.1, 0.15) is 27.7 Å². The zero-order valence-corrected chi connectivity index (χ0v) is 18.4. The summed E-state index contributed by atoms with van der Waals surface area (Å²) in [5.41, 5.74) is 0. The van der Waals surface area contributed by atoms with Gasteiger partial charge in [0.05, 0.1) is 8.07 Å². The molecule has 2 heteroatoms. The van der Waals surface area contributed by atoms with Crippen molar-refractivity contribution >= 4 is 31.7 Å². The molecule has 130 valence electrons. The maximum Gasteiger partial charge on any atom is 0.114 e. The van der Waals surface area contributed by atoms with E-state index in [0.29, 0.717) is 0 Å². The molecular weight excluding hydrogens is 320 g/mol. The number of hydrogen-bond acceptors (Lipinski definition) is 0. The van der Waals surface area contributed by atoms with Crippen LogP contribution in [0.25, 0.3) is 0 Å². The molecule has 0 aliphatic rings. The van der Waals surface area contributed by atoms with Crippen LogP contribution in [-0.4, -0.2) is 16.1 Å². The molecule has 0 amide bonds. The Morgan fingerprint density at radius 2 is 1.29 bits per heavy atom. The van der Waals surface area contributed by atoms with Gasteiger partial charge in [-0.3, -0.25) is 0 Å². The molecule has 0 saturated carbocycles. The second-order valence-corrected chi connectivity index (χ2v) is 17.4. The summed E-state index contributed by atoms with van der Waals surface area (Å²) in [6.07, 6.45) is 0. The van der Waals surface area contributed by atoms with Crippen molar-refractivity contribution in [1.82, 2.24) is 0 Å². The number of rotatable bonds is 7. The fourth-order valence-electron chi connectivity index (χ4n) is 4.19. The molecule has 0 aliphatic carbocycles. The lowest BCUT2D eigenvalue weighted by molar-refractivity contribution is 0.720. The highest BCUT2D eigenvalue weighted by Crippen LogP contribution is 2.22. The lowest BCUT2D eigenvalue weighted by atomic mass is 10.3. The SMILES string of the molecule is CC[Si@](C)(CC(C)C)c1ccccc1[Si@@](C)(CC)c1ccccc1. The van der Waals surface area contributed by atoms with Crippen molar-refractivity contribution in [2.24, 2.45) is 5.92 Å². The highest BCUT2D eigenvalue weighted by molar-refractivity contribution is 7.06. The Bertz CT molecular complexity index is 650. The van der Waals surface area contributed by atoms with E-state index >= 15 is 0 Å². The van der Waals surface area contributed by atoms with Gasteiger partial charge in [-0.1, -0.05) is 129 Å². The summed E-state index contributed by atoms with van der Waals surface area (Å²) in [5.74, 6) is 0.779. The standard InChI is InChI=1S/C22H34Si2/c1-7-23(5,18-19(3)4)21-16-12-13-17-22(21)24(6,8-2)20-14-10-9-11-15-20/h9-17,19H,7-8,18H2,1-6H3/t23-,24+/m1/s1. The Labute approximate surface area is 151 Å². The van der Waals surface area contributed by atoms with Crippen molar-refractivity contribution in [1.29, 1.82) is 0 Å². The van der Waals surface area contributed by atoms with Gasteiger partial charge in [-0.15, -0.1) is 0 Å². The smallest absolute Gasteiger partial charge is 0.0675 e. The van der Waals surface area contributed by atoms with Crippen LogP contribution in [0.15, 0.2) is 54.6 Å². The zero-order chi connectivity index (χ0) is 17.8. The van der Waals surface area contributed by atoms with Crippen LogP contribution in [0, 0.1) is 5.92 Å². The zero-order valence-electron chi connectivity index (χ0n) is 16.4. The maximum atomic E-state index is 2.61. The van der Waals surface area contributed by atoms with Gasteiger partial charge >= 0.3 is 0 Å². The predicted octanol–water partition coefficient (Wildman–Crippen LogP) is 4.86. The molecule has 0 bridgehead atoms. The van der Waals surface area contributed by atoms with Crippen molar-refractivity contribution in [2.75, 3.05) is 0 Å². The molecule has 0 saturated heterocycles. The molecule has 0 aliphatic heterocycles. The minimum Gasteiger partial charge on any atom is -0.0675 e. The first-order valence-electron chi connectivity index (χ1n) is 9.53. The molecule has 0 unspecified atom stereocenters. The molecule has 0 spiro atoms. The molecular formula is C22H34Si2. The second-order valence-electron chi connectivity index (χ2n) is 8.11. The first-order valence-corrected chi connectivity index (χ1v) is 15.1. The average molecular weight is 355 g/mol. The van der Waals surface area contributed by atoms with Gasteiger partial charge in [0.15, 0.2) is 0 Å². The summed E-state index contributed by atoms with van der Waals surface area (Å²) in [5, 5.41) is 5.02. The Kier molecular flexibility index (Phi) is 6.27. The van der Waals surface area contributed by atoms with Crippen molar-refractivity contribution in [2.45, 2.75) is 58.9 Å². The van der Waals surface area contributed by atoms with Crippen LogP contribution in [0.5, 0.6) is 0 Å². The van der Waals surface area contributed by atoms with E-state index in [1.165, 1.54) is 18.1 Å². The first-order chi connectivity index (χ1) is 11.4. The third kappa shape index (κ3) is 3.75. The second kappa shape index (κ2) is 7.84. The Morgan fingerprint density at radius 1 is 0.750 bits per heavy atom. The van der Waals surface area contributed by atoms with Gasteiger partial charge in [0.2, 0.25) is 0 Å². The van der Waals surface area contributed by atoms with Crippen molar-refractivity contribution in [3.63, 3.8) is 0 Å². The van der Waals surface area contributed by atoms with E-state index in [4.69, 9.17) is 0 Å². The topological polar surface area (TPSA) is 0 Å². The third-order valence-corrected chi connectivity index (χ3v) is 15.8. The Morgan fingerprint density at radius 3 is 1.79 bits per heavy atom. The highest BCUT2D eigenvalue weighted by atomic mass is 28.3. The predicted molar refractivity (Wildman–Crippen MR) is 116 cm³/mol. The van der Waals surface area contributed by atoms with Crippen LogP contribution in [-0.2, 0) is 0 Å². The molecule has 2 aromatic carbocycles. The maximum absolute atomic E-state index is 2.61. The van der Waals surface area contributed by atoms with Gasteiger partial charge in [-0.25, -0.2) is 0 Å². The molecule has 0 heterocycles. The molecule has 0 nitrogen and oxygen atoms in total. The fourth-order valence-corrected chi connectivity index (χ4v) is 13.0. The summed E-state index contributed by atoms with van der Waals surface area (Å²) in [7, 11) is -3.09. The third-order valence-electron chi connectivity index (χ3n) is 5.93. The van der Waals surface area contributed by atoms with Gasteiger partial charge < -0.3 is 0 Å². The lowest BCUT2D eigenvalue weighted by Crippen LogP contribution is -2.65. The monoisotopic (exact) mass is 354 g/mol. The normalized spacial score (nSPS) is 16.6. The van der Waals surface area contributed by atoms with Gasteiger partial charge in [0.1, 0.15) is 8.07 Å². The lowest BCUT2D eigenvalue weighted by Gasteiger charge is -2.37. The molecule has 0 aromatic heterocycles. The van der Waals surface area contributed by atoms with Gasteiger partial charge in [0.25, 0.3) is 0 Å². The Balaban J connectivity index is 2.63. The molecule has 0 fully saturated rings. The summed E-state index contributed by atoms with van der Waals surface area (Å²) in [4.78, 5) is 0. The molecule has 0 radical (unpaired) electrons. The minimum absolute atomic E-state index is 0.779. The minimum atomic E-state index is -1.66. The number of benzene rings is 2. The Hall–Kier alpha value is -1.13. The first kappa shape index (κ1) is 19.2. The molecule has 24 heavy (non-hydrogen) atoms. The van der Waals surface area contributed by atoms with E-state index in [0.717, 1.165) is 5.92 Å². The molecule has 2 rings (SSSR count). The van der Waals surface area contributed by atoms with E-state index in [1.54, 1.807) is 15.6 Å². The van der Waals surface area contributed by atoms with E-state index < -0.39 is 16.1 Å². The van der Waals surface area contributed by atoms with Crippen molar-refractivity contribution in [3.8, 4) is 0 Å². The average Bonchev–Trinajstić information content (AvgIpc) is 2.61. The summed E-state index contributed by atoms with van der Waals surface area (Å²) >= 11 is 0. The molecule has 2 atom stereocenters. The van der Waals surface area contributed by atoms with Crippen LogP contribution in [0.2, 0.25) is 31.2 Å². The van der Waals surface area contributed by atoms with Crippen LogP contribution in [0.3, 0.4) is 0 Å². The quantitative estimate of drug-likeness (QED) is 0.623. The van der Waals surface area contributed by atoms with E-state index in [2.05, 4.69) is 95.4 Å². The van der Waals surface area contributed by atoms with E-state index in [-0.39, 0.29) is 0 Å². The summed E-state index contributed by atoms with van der Waals surface area (Å²) in [6.45, 7) is 14.8. The van der Waals surface area contributed by atoms with Crippen LogP contribution in [0.4, 0.5) is 0 Å². The van der Waals surface area contributed by atoms with Crippen LogP contribution < -0.4 is 15.6 Å². The highest BCUT2D eigenvalue weighted by Gasteiger charge is 2.37. The van der Waals surface area contributed by atoms with Crippen molar-refractivity contribution < 1.29 is 0 Å². The van der Waals surface area contributed by atoms with E-state index in [1.807, 2.05) is 0 Å². The van der Waals surface area contributed by atoms with Gasteiger partial charge in [-0.05, 0) is 5.92 Å². The van der Waals surface area contributed by atoms with Gasteiger partial charge in [-0.2, -0.15) is 0 Å². The van der Waals surface area contributed by atoms with Crippen molar-refractivity contribution in [3.05, 3.63) is 54.6 Å². The van der Waals surface area contributed by atoms with Gasteiger partial charge in [0, 0.05) is 0 Å².